The summed E-state index contributed by atoms with van der Waals surface area (Å²) in [5.74, 6) is 0. The number of aryl methyl sites for hydroxylation is 1. The van der Waals surface area contributed by atoms with Gasteiger partial charge in [-0.15, -0.1) is 0 Å². The molecule has 0 bridgehead atoms. The topological polar surface area (TPSA) is 3.24 Å². The van der Waals surface area contributed by atoms with Gasteiger partial charge in [-0.05, 0) is 96.2 Å². The van der Waals surface area contributed by atoms with Crippen molar-refractivity contribution in [3.63, 3.8) is 0 Å². The second-order valence-corrected chi connectivity index (χ2v) is 13.5. The van der Waals surface area contributed by atoms with E-state index in [9.17, 15) is 0 Å². The third kappa shape index (κ3) is 3.68. The Morgan fingerprint density at radius 3 is 2.04 bits per heavy atom. The van der Waals surface area contributed by atoms with Crippen molar-refractivity contribution in [3.8, 4) is 33.4 Å². The van der Waals surface area contributed by atoms with E-state index in [0.29, 0.717) is 0 Å². The predicted molar refractivity (Wildman–Crippen MR) is 192 cm³/mol. The number of benzene rings is 7. The highest BCUT2D eigenvalue weighted by molar-refractivity contribution is 6.23. The van der Waals surface area contributed by atoms with Crippen molar-refractivity contribution in [2.45, 2.75) is 32.6 Å². The maximum Gasteiger partial charge on any atom is 0.0450 e. The molecule has 2 aliphatic rings. The van der Waals surface area contributed by atoms with Gasteiger partial charge in [0, 0.05) is 30.3 Å². The molecule has 1 aliphatic heterocycles. The molecule has 0 unspecified atom stereocenters. The van der Waals surface area contributed by atoms with E-state index in [-0.39, 0.29) is 5.41 Å². The maximum absolute atomic E-state index is 2.42. The minimum atomic E-state index is -0.0445. The molecule has 0 spiro atoms. The molecule has 45 heavy (non-hydrogen) atoms. The van der Waals surface area contributed by atoms with E-state index in [4.69, 9.17) is 0 Å². The lowest BCUT2D eigenvalue weighted by molar-refractivity contribution is 0.660. The molecule has 1 heteroatoms. The number of nitrogens with zero attached hydrogens (tertiary/aromatic N) is 1. The summed E-state index contributed by atoms with van der Waals surface area (Å²) in [6, 6.07) is 48.0. The maximum atomic E-state index is 2.42. The lowest BCUT2D eigenvalue weighted by atomic mass is 9.80. The average molecular weight is 578 g/mol. The van der Waals surface area contributed by atoms with Gasteiger partial charge < -0.3 is 4.90 Å². The van der Waals surface area contributed by atoms with Crippen molar-refractivity contribution in [3.05, 3.63) is 155 Å². The van der Waals surface area contributed by atoms with Crippen LogP contribution in [0.4, 0.5) is 11.4 Å². The zero-order chi connectivity index (χ0) is 30.4. The SMILES string of the molecule is Cc1ccc2c(-c3ccc4c(c3)N(C)c3ccccc3C4)c3ccccc3c(-c3cccc4c3-c3ccccc3C4(C)C)c2c1. The van der Waals surface area contributed by atoms with E-state index < -0.39 is 0 Å². The summed E-state index contributed by atoms with van der Waals surface area (Å²) in [7, 11) is 2.21. The largest absolute Gasteiger partial charge is 0.344 e. The summed E-state index contributed by atoms with van der Waals surface area (Å²) in [5.41, 5.74) is 17.4. The lowest BCUT2D eigenvalue weighted by Gasteiger charge is -2.31. The minimum absolute atomic E-state index is 0.0445. The van der Waals surface area contributed by atoms with Crippen LogP contribution in [0.3, 0.4) is 0 Å². The standard InChI is InChI=1S/C44H35N/c1-27-20-23-33-36(24-27)42(35-16-11-18-38-43(35)34-15-8-9-17-37(34)44(38,2)3)32-14-7-6-13-31(32)41(33)30-22-21-29-25-28-12-5-10-19-39(28)45(4)40(29)26-30/h5-24,26H,25H2,1-4H3. The Bertz CT molecular complexity index is 2360. The molecule has 0 fully saturated rings. The first-order valence-corrected chi connectivity index (χ1v) is 16.1. The van der Waals surface area contributed by atoms with Crippen LogP contribution >= 0.6 is 0 Å². The van der Waals surface area contributed by atoms with Crippen LogP contribution < -0.4 is 4.90 Å². The van der Waals surface area contributed by atoms with E-state index in [1.54, 1.807) is 0 Å². The summed E-state index contributed by atoms with van der Waals surface area (Å²) in [4.78, 5) is 2.37. The number of fused-ring (bicyclic) bond motifs is 7. The average Bonchev–Trinajstić information content (AvgIpc) is 3.30. The first-order chi connectivity index (χ1) is 21.9. The first kappa shape index (κ1) is 26.3. The minimum Gasteiger partial charge on any atom is -0.344 e. The fraction of sp³-hybridized carbons (Fsp3) is 0.136. The van der Waals surface area contributed by atoms with Crippen molar-refractivity contribution in [2.24, 2.45) is 0 Å². The van der Waals surface area contributed by atoms with Crippen LogP contribution in [0.15, 0.2) is 127 Å². The van der Waals surface area contributed by atoms with E-state index in [0.717, 1.165) is 6.42 Å². The summed E-state index contributed by atoms with van der Waals surface area (Å²) in [6.45, 7) is 6.96. The molecule has 0 atom stereocenters. The third-order valence-corrected chi connectivity index (χ3v) is 10.5. The first-order valence-electron chi connectivity index (χ1n) is 16.1. The molecule has 7 aromatic carbocycles. The van der Waals surface area contributed by atoms with Gasteiger partial charge in [-0.2, -0.15) is 0 Å². The zero-order valence-corrected chi connectivity index (χ0v) is 26.3. The fourth-order valence-corrected chi connectivity index (χ4v) is 8.36. The predicted octanol–water partition coefficient (Wildman–Crippen LogP) is 11.6. The van der Waals surface area contributed by atoms with Gasteiger partial charge in [0.2, 0.25) is 0 Å². The van der Waals surface area contributed by atoms with E-state index in [1.165, 1.54) is 94.1 Å². The van der Waals surface area contributed by atoms with Gasteiger partial charge in [-0.1, -0.05) is 135 Å². The molecule has 0 N–H and O–H groups in total. The molecule has 1 heterocycles. The van der Waals surface area contributed by atoms with Gasteiger partial charge in [0.15, 0.2) is 0 Å². The Hall–Kier alpha value is -5.14. The molecule has 0 saturated heterocycles. The molecular weight excluding hydrogens is 542 g/mol. The number of anilines is 2. The van der Waals surface area contributed by atoms with Crippen molar-refractivity contribution in [1.29, 1.82) is 0 Å². The molecule has 9 rings (SSSR count). The highest BCUT2D eigenvalue weighted by Crippen LogP contribution is 2.54. The Labute approximate surface area is 265 Å². The summed E-state index contributed by atoms with van der Waals surface area (Å²) >= 11 is 0. The molecule has 216 valence electrons. The number of hydrogen-bond acceptors (Lipinski definition) is 1. The highest BCUT2D eigenvalue weighted by atomic mass is 15.1. The van der Waals surface area contributed by atoms with Gasteiger partial charge in [0.05, 0.1) is 0 Å². The molecule has 0 saturated carbocycles. The fourth-order valence-electron chi connectivity index (χ4n) is 8.36. The summed E-state index contributed by atoms with van der Waals surface area (Å²) in [5, 5.41) is 5.22. The van der Waals surface area contributed by atoms with Crippen LogP contribution in [0.5, 0.6) is 0 Å². The Balaban J connectivity index is 1.36. The van der Waals surface area contributed by atoms with Gasteiger partial charge in [0.25, 0.3) is 0 Å². The van der Waals surface area contributed by atoms with Crippen LogP contribution in [-0.2, 0) is 11.8 Å². The second kappa shape index (κ2) is 9.43. The van der Waals surface area contributed by atoms with Gasteiger partial charge in [0.1, 0.15) is 0 Å². The Morgan fingerprint density at radius 1 is 0.511 bits per heavy atom. The van der Waals surface area contributed by atoms with Crippen LogP contribution in [0.25, 0.3) is 54.9 Å². The van der Waals surface area contributed by atoms with Crippen molar-refractivity contribution >= 4 is 32.9 Å². The van der Waals surface area contributed by atoms with E-state index in [1.807, 2.05) is 0 Å². The molecule has 1 nitrogen and oxygen atoms in total. The van der Waals surface area contributed by atoms with Crippen LogP contribution in [-0.4, -0.2) is 7.05 Å². The molecule has 0 amide bonds. The summed E-state index contributed by atoms with van der Waals surface area (Å²) < 4.78 is 0. The van der Waals surface area contributed by atoms with Gasteiger partial charge in [-0.3, -0.25) is 0 Å². The highest BCUT2D eigenvalue weighted by Gasteiger charge is 2.37. The second-order valence-electron chi connectivity index (χ2n) is 13.5. The normalized spacial score (nSPS) is 14.3. The Kier molecular flexibility index (Phi) is 5.51. The number of para-hydroxylation sites is 1. The monoisotopic (exact) mass is 577 g/mol. The quantitative estimate of drug-likeness (QED) is 0.185. The van der Waals surface area contributed by atoms with Gasteiger partial charge in [-0.25, -0.2) is 0 Å². The third-order valence-electron chi connectivity index (χ3n) is 10.5. The van der Waals surface area contributed by atoms with Crippen LogP contribution in [0.1, 0.15) is 41.7 Å². The van der Waals surface area contributed by atoms with Crippen LogP contribution in [0.2, 0.25) is 0 Å². The molecule has 1 aliphatic carbocycles. The van der Waals surface area contributed by atoms with Crippen molar-refractivity contribution in [1.82, 2.24) is 0 Å². The van der Waals surface area contributed by atoms with E-state index in [2.05, 4.69) is 160 Å². The molecule has 0 aromatic heterocycles. The van der Waals surface area contributed by atoms with E-state index >= 15 is 0 Å². The summed E-state index contributed by atoms with van der Waals surface area (Å²) in [6.07, 6.45) is 0.965. The van der Waals surface area contributed by atoms with Crippen LogP contribution in [0, 0.1) is 6.92 Å². The number of hydrogen-bond donors (Lipinski definition) is 0. The molecule has 7 aromatic rings. The molecule has 0 radical (unpaired) electrons. The van der Waals surface area contributed by atoms with Gasteiger partial charge >= 0.3 is 0 Å². The zero-order valence-electron chi connectivity index (χ0n) is 26.3. The Morgan fingerprint density at radius 2 is 1.18 bits per heavy atom. The lowest BCUT2D eigenvalue weighted by Crippen LogP contribution is -2.18. The smallest absolute Gasteiger partial charge is 0.0450 e. The van der Waals surface area contributed by atoms with Crippen molar-refractivity contribution in [2.75, 3.05) is 11.9 Å². The number of rotatable bonds is 2. The molecular formula is C44H35N. The van der Waals surface area contributed by atoms with Crippen molar-refractivity contribution < 1.29 is 0 Å².